The molecule has 17 heavy (non-hydrogen) atoms. The Morgan fingerprint density at radius 3 is 2.53 bits per heavy atom. The van der Waals surface area contributed by atoms with Crippen LogP contribution in [0.15, 0.2) is 47.3 Å². The molecule has 2 rings (SSSR count). The van der Waals surface area contributed by atoms with Gasteiger partial charge >= 0.3 is 0 Å². The lowest BCUT2D eigenvalue weighted by Gasteiger charge is -2.22. The van der Waals surface area contributed by atoms with E-state index >= 15 is 0 Å². The van der Waals surface area contributed by atoms with Gasteiger partial charge in [0, 0.05) is 5.56 Å². The van der Waals surface area contributed by atoms with E-state index in [0.717, 1.165) is 11.3 Å². The van der Waals surface area contributed by atoms with Crippen LogP contribution in [0, 0.1) is 0 Å². The summed E-state index contributed by atoms with van der Waals surface area (Å²) in [7, 11) is 0. The van der Waals surface area contributed by atoms with Crippen LogP contribution in [0.3, 0.4) is 0 Å². The minimum Gasteiger partial charge on any atom is -0.488 e. The van der Waals surface area contributed by atoms with Crippen molar-refractivity contribution in [1.82, 2.24) is 0 Å². The van der Waals surface area contributed by atoms with Crippen LogP contribution < -0.4 is 4.74 Å². The first-order valence-corrected chi connectivity index (χ1v) is 5.81. The average Bonchev–Trinajstić information content (AvgIpc) is 2.78. The molecule has 2 aromatic rings. The Labute approximate surface area is 102 Å². The molecule has 0 N–H and O–H groups in total. The second kappa shape index (κ2) is 4.66. The normalized spacial score (nSPS) is 11.5. The highest BCUT2D eigenvalue weighted by molar-refractivity contribution is 5.38. The molecule has 0 radical (unpaired) electrons. The van der Waals surface area contributed by atoms with E-state index < -0.39 is 0 Å². The zero-order chi connectivity index (χ0) is 12.3. The van der Waals surface area contributed by atoms with Crippen LogP contribution in [0.25, 0.3) is 0 Å². The molecule has 90 valence electrons. The molecule has 0 saturated heterocycles. The van der Waals surface area contributed by atoms with E-state index in [1.54, 1.807) is 12.5 Å². The van der Waals surface area contributed by atoms with Gasteiger partial charge in [0.1, 0.15) is 12.4 Å². The lowest BCUT2D eigenvalue weighted by molar-refractivity contribution is 0.296. The number of rotatable bonds is 3. The maximum absolute atomic E-state index is 5.85. The summed E-state index contributed by atoms with van der Waals surface area (Å²) in [5.74, 6) is 0.946. The van der Waals surface area contributed by atoms with Crippen LogP contribution in [0.2, 0.25) is 0 Å². The number of para-hydroxylation sites is 1. The Bertz CT molecular complexity index is 464. The van der Waals surface area contributed by atoms with Crippen molar-refractivity contribution in [1.29, 1.82) is 0 Å². The van der Waals surface area contributed by atoms with Crippen molar-refractivity contribution in [3.8, 4) is 5.75 Å². The molecule has 1 heterocycles. The van der Waals surface area contributed by atoms with Crippen molar-refractivity contribution in [2.45, 2.75) is 32.8 Å². The quantitative estimate of drug-likeness (QED) is 0.790. The van der Waals surface area contributed by atoms with Crippen LogP contribution in [0.5, 0.6) is 5.75 Å². The molecule has 0 aliphatic rings. The summed E-state index contributed by atoms with van der Waals surface area (Å²) >= 11 is 0. The third-order valence-electron chi connectivity index (χ3n) is 2.67. The molecule has 0 unspecified atom stereocenters. The first-order chi connectivity index (χ1) is 8.07. The molecular formula is C15H18O2. The van der Waals surface area contributed by atoms with Gasteiger partial charge in [-0.25, -0.2) is 0 Å². The molecule has 0 aliphatic heterocycles. The summed E-state index contributed by atoms with van der Waals surface area (Å²) < 4.78 is 10.9. The van der Waals surface area contributed by atoms with Crippen LogP contribution in [-0.2, 0) is 12.0 Å². The molecule has 0 fully saturated rings. The standard InChI is InChI=1S/C15H18O2/c1-15(2,3)13-6-4-5-7-14(13)17-11-12-8-9-16-10-12/h4-10H,11H2,1-3H3. The van der Waals surface area contributed by atoms with Crippen molar-refractivity contribution in [3.63, 3.8) is 0 Å². The van der Waals surface area contributed by atoms with E-state index in [1.165, 1.54) is 5.56 Å². The second-order valence-corrected chi connectivity index (χ2v) is 5.17. The predicted octanol–water partition coefficient (Wildman–Crippen LogP) is 4.16. The lowest BCUT2D eigenvalue weighted by atomic mass is 9.86. The largest absolute Gasteiger partial charge is 0.488 e. The lowest BCUT2D eigenvalue weighted by Crippen LogP contribution is -2.13. The fourth-order valence-electron chi connectivity index (χ4n) is 1.75. The maximum atomic E-state index is 5.85. The van der Waals surface area contributed by atoms with Crippen molar-refractivity contribution in [3.05, 3.63) is 54.0 Å². The van der Waals surface area contributed by atoms with Crippen LogP contribution in [0.1, 0.15) is 31.9 Å². The minimum atomic E-state index is 0.0903. The summed E-state index contributed by atoms with van der Waals surface area (Å²) in [6.07, 6.45) is 3.37. The summed E-state index contributed by atoms with van der Waals surface area (Å²) in [6, 6.07) is 10.1. The van der Waals surface area contributed by atoms with Gasteiger partial charge in [-0.15, -0.1) is 0 Å². The number of benzene rings is 1. The van der Waals surface area contributed by atoms with E-state index in [0.29, 0.717) is 6.61 Å². The second-order valence-electron chi connectivity index (χ2n) is 5.17. The monoisotopic (exact) mass is 230 g/mol. The van der Waals surface area contributed by atoms with Crippen molar-refractivity contribution in [2.75, 3.05) is 0 Å². The molecule has 0 amide bonds. The van der Waals surface area contributed by atoms with Crippen molar-refractivity contribution >= 4 is 0 Å². The molecule has 1 aromatic carbocycles. The maximum Gasteiger partial charge on any atom is 0.123 e. The zero-order valence-corrected chi connectivity index (χ0v) is 10.6. The molecule has 0 aliphatic carbocycles. The van der Waals surface area contributed by atoms with Gasteiger partial charge in [0.2, 0.25) is 0 Å². The fourth-order valence-corrected chi connectivity index (χ4v) is 1.75. The van der Waals surface area contributed by atoms with Crippen molar-refractivity contribution in [2.24, 2.45) is 0 Å². The Kier molecular flexibility index (Phi) is 3.23. The SMILES string of the molecule is CC(C)(C)c1ccccc1OCc1ccoc1. The molecule has 0 atom stereocenters. The first kappa shape index (κ1) is 11.8. The smallest absolute Gasteiger partial charge is 0.123 e. The van der Waals surface area contributed by atoms with E-state index in [9.17, 15) is 0 Å². The van der Waals surface area contributed by atoms with Gasteiger partial charge in [-0.2, -0.15) is 0 Å². The molecule has 0 bridgehead atoms. The molecule has 0 spiro atoms. The van der Waals surface area contributed by atoms with E-state index in [1.807, 2.05) is 24.3 Å². The van der Waals surface area contributed by atoms with Crippen LogP contribution >= 0.6 is 0 Å². The van der Waals surface area contributed by atoms with Crippen molar-refractivity contribution < 1.29 is 9.15 Å². The highest BCUT2D eigenvalue weighted by atomic mass is 16.5. The van der Waals surface area contributed by atoms with E-state index in [4.69, 9.17) is 9.15 Å². The molecular weight excluding hydrogens is 212 g/mol. The van der Waals surface area contributed by atoms with Crippen LogP contribution in [-0.4, -0.2) is 0 Å². The molecule has 2 heteroatoms. The Morgan fingerprint density at radius 1 is 1.12 bits per heavy atom. The average molecular weight is 230 g/mol. The summed E-state index contributed by atoms with van der Waals surface area (Å²) in [4.78, 5) is 0. The van der Waals surface area contributed by atoms with E-state index in [2.05, 4.69) is 26.8 Å². The van der Waals surface area contributed by atoms with Gasteiger partial charge in [0.15, 0.2) is 0 Å². The van der Waals surface area contributed by atoms with Gasteiger partial charge in [-0.1, -0.05) is 39.0 Å². The Morgan fingerprint density at radius 2 is 1.88 bits per heavy atom. The van der Waals surface area contributed by atoms with Gasteiger partial charge in [-0.05, 0) is 23.1 Å². The van der Waals surface area contributed by atoms with Crippen LogP contribution in [0.4, 0.5) is 0 Å². The van der Waals surface area contributed by atoms with Gasteiger partial charge in [-0.3, -0.25) is 0 Å². The number of hydrogen-bond donors (Lipinski definition) is 0. The van der Waals surface area contributed by atoms with Gasteiger partial charge in [0.25, 0.3) is 0 Å². The molecule has 1 aromatic heterocycles. The molecule has 0 saturated carbocycles. The minimum absolute atomic E-state index is 0.0903. The third kappa shape index (κ3) is 2.90. The summed E-state index contributed by atoms with van der Waals surface area (Å²) in [6.45, 7) is 7.11. The predicted molar refractivity (Wildman–Crippen MR) is 68.2 cm³/mol. The highest BCUT2D eigenvalue weighted by Crippen LogP contribution is 2.31. The van der Waals surface area contributed by atoms with E-state index in [-0.39, 0.29) is 5.41 Å². The Balaban J connectivity index is 2.16. The van der Waals surface area contributed by atoms with Gasteiger partial charge in [0.05, 0.1) is 12.5 Å². The number of furan rings is 1. The van der Waals surface area contributed by atoms with Gasteiger partial charge < -0.3 is 9.15 Å². The first-order valence-electron chi connectivity index (χ1n) is 5.81. The third-order valence-corrected chi connectivity index (χ3v) is 2.67. The number of ether oxygens (including phenoxy) is 1. The highest BCUT2D eigenvalue weighted by Gasteiger charge is 2.18. The fraction of sp³-hybridized carbons (Fsp3) is 0.333. The Hall–Kier alpha value is -1.70. The summed E-state index contributed by atoms with van der Waals surface area (Å²) in [5, 5.41) is 0. The zero-order valence-electron chi connectivity index (χ0n) is 10.6. The number of hydrogen-bond acceptors (Lipinski definition) is 2. The summed E-state index contributed by atoms with van der Waals surface area (Å²) in [5.41, 5.74) is 2.37. The molecule has 2 nitrogen and oxygen atoms in total. The topological polar surface area (TPSA) is 22.4 Å².